The number of likely N-dealkylation sites (tertiary alicyclic amines) is 1. The summed E-state index contributed by atoms with van der Waals surface area (Å²) >= 11 is 0. The lowest BCUT2D eigenvalue weighted by Gasteiger charge is -2.30. The highest BCUT2D eigenvalue weighted by Crippen LogP contribution is 2.32. The van der Waals surface area contributed by atoms with Gasteiger partial charge in [-0.1, -0.05) is 12.1 Å². The molecule has 5 nitrogen and oxygen atoms in total. The van der Waals surface area contributed by atoms with Crippen LogP contribution in [-0.4, -0.2) is 49.4 Å². The van der Waals surface area contributed by atoms with Crippen molar-refractivity contribution >= 4 is 22.1 Å². The molecule has 0 aliphatic carbocycles. The van der Waals surface area contributed by atoms with E-state index in [2.05, 4.69) is 70.0 Å². The molecule has 0 saturated carbocycles. The first-order valence-electron chi connectivity index (χ1n) is 10.5. The van der Waals surface area contributed by atoms with Gasteiger partial charge in [-0.15, -0.1) is 0 Å². The van der Waals surface area contributed by atoms with Crippen LogP contribution in [0.3, 0.4) is 0 Å². The molecule has 0 radical (unpaired) electrons. The van der Waals surface area contributed by atoms with E-state index in [1.165, 1.54) is 40.4 Å². The SMILES string of the molecule is CCOCNc1ccc(-c2cc(NC3CCN(C)CC3)c3cnccc3c2)cc1. The van der Waals surface area contributed by atoms with Crippen molar-refractivity contribution in [1.29, 1.82) is 0 Å². The molecule has 0 unspecified atom stereocenters. The minimum Gasteiger partial charge on any atom is -0.382 e. The Morgan fingerprint density at radius 2 is 1.86 bits per heavy atom. The van der Waals surface area contributed by atoms with E-state index in [1.54, 1.807) is 0 Å². The zero-order valence-electron chi connectivity index (χ0n) is 17.3. The van der Waals surface area contributed by atoms with Gasteiger partial charge in [-0.2, -0.15) is 0 Å². The molecular formula is C24H30N4O. The quantitative estimate of drug-likeness (QED) is 0.448. The summed E-state index contributed by atoms with van der Waals surface area (Å²) in [6, 6.07) is 15.7. The molecule has 29 heavy (non-hydrogen) atoms. The van der Waals surface area contributed by atoms with Crippen molar-refractivity contribution in [1.82, 2.24) is 9.88 Å². The standard InChI is InChI=1S/C24H30N4O/c1-3-29-17-26-21-6-4-18(5-7-21)20-14-19-8-11-25-16-23(19)24(15-20)27-22-9-12-28(2)13-10-22/h4-8,11,14-16,22,26-27H,3,9-10,12-13,17H2,1-2H3. The van der Waals surface area contributed by atoms with Gasteiger partial charge in [0.25, 0.3) is 0 Å². The number of nitrogens with one attached hydrogen (secondary N) is 2. The van der Waals surface area contributed by atoms with Gasteiger partial charge < -0.3 is 20.3 Å². The Morgan fingerprint density at radius 1 is 1.07 bits per heavy atom. The predicted molar refractivity (Wildman–Crippen MR) is 121 cm³/mol. The lowest BCUT2D eigenvalue weighted by Crippen LogP contribution is -2.36. The average molecular weight is 391 g/mol. The molecule has 2 heterocycles. The maximum Gasteiger partial charge on any atom is 0.116 e. The van der Waals surface area contributed by atoms with Gasteiger partial charge in [-0.05, 0) is 86.7 Å². The number of pyridine rings is 1. The molecule has 1 saturated heterocycles. The first-order chi connectivity index (χ1) is 14.2. The second kappa shape index (κ2) is 9.25. The third kappa shape index (κ3) is 4.86. The number of hydrogen-bond acceptors (Lipinski definition) is 5. The van der Waals surface area contributed by atoms with Gasteiger partial charge in [0, 0.05) is 41.8 Å². The van der Waals surface area contributed by atoms with Gasteiger partial charge in [0.15, 0.2) is 0 Å². The van der Waals surface area contributed by atoms with Crippen molar-refractivity contribution in [3.63, 3.8) is 0 Å². The van der Waals surface area contributed by atoms with Crippen molar-refractivity contribution in [3.8, 4) is 11.1 Å². The van der Waals surface area contributed by atoms with Gasteiger partial charge in [-0.3, -0.25) is 4.98 Å². The number of fused-ring (bicyclic) bond motifs is 1. The summed E-state index contributed by atoms with van der Waals surface area (Å²) in [6.45, 7) is 5.53. The fraction of sp³-hybridized carbons (Fsp3) is 0.375. The van der Waals surface area contributed by atoms with Crippen molar-refractivity contribution in [2.75, 3.05) is 44.1 Å². The number of rotatable bonds is 7. The Balaban J connectivity index is 1.59. The van der Waals surface area contributed by atoms with Crippen molar-refractivity contribution < 1.29 is 4.74 Å². The van der Waals surface area contributed by atoms with E-state index in [0.29, 0.717) is 19.4 Å². The molecule has 152 valence electrons. The molecule has 0 spiro atoms. The maximum atomic E-state index is 5.37. The highest BCUT2D eigenvalue weighted by atomic mass is 16.5. The highest BCUT2D eigenvalue weighted by Gasteiger charge is 2.17. The summed E-state index contributed by atoms with van der Waals surface area (Å²) in [5, 5.41) is 9.48. The Kier molecular flexibility index (Phi) is 6.27. The maximum absolute atomic E-state index is 5.37. The number of piperidine rings is 1. The summed E-state index contributed by atoms with van der Waals surface area (Å²) < 4.78 is 5.37. The first-order valence-corrected chi connectivity index (χ1v) is 10.5. The van der Waals surface area contributed by atoms with Crippen LogP contribution in [0.5, 0.6) is 0 Å². The van der Waals surface area contributed by atoms with E-state index in [0.717, 1.165) is 18.8 Å². The Hall–Kier alpha value is -2.63. The van der Waals surface area contributed by atoms with Crippen LogP contribution in [0.25, 0.3) is 21.9 Å². The number of ether oxygens (including phenoxy) is 1. The minimum absolute atomic E-state index is 0.509. The van der Waals surface area contributed by atoms with E-state index in [9.17, 15) is 0 Å². The zero-order chi connectivity index (χ0) is 20.1. The number of benzene rings is 2. The fourth-order valence-electron chi connectivity index (χ4n) is 3.87. The van der Waals surface area contributed by atoms with Crippen LogP contribution in [-0.2, 0) is 4.74 Å². The van der Waals surface area contributed by atoms with Crippen molar-refractivity contribution in [3.05, 3.63) is 54.9 Å². The summed E-state index contributed by atoms with van der Waals surface area (Å²) in [4.78, 5) is 6.76. The zero-order valence-corrected chi connectivity index (χ0v) is 17.3. The smallest absolute Gasteiger partial charge is 0.116 e. The average Bonchev–Trinajstić information content (AvgIpc) is 2.76. The molecule has 2 aromatic carbocycles. The summed E-state index contributed by atoms with van der Waals surface area (Å²) in [6.07, 6.45) is 6.18. The lowest BCUT2D eigenvalue weighted by atomic mass is 9.99. The van der Waals surface area contributed by atoms with Crippen LogP contribution in [0.15, 0.2) is 54.9 Å². The third-order valence-electron chi connectivity index (χ3n) is 5.63. The molecule has 0 amide bonds. The second-order valence-electron chi connectivity index (χ2n) is 7.73. The normalized spacial score (nSPS) is 15.5. The third-order valence-corrected chi connectivity index (χ3v) is 5.63. The lowest BCUT2D eigenvalue weighted by molar-refractivity contribution is 0.167. The second-order valence-corrected chi connectivity index (χ2v) is 7.73. The molecule has 5 heteroatoms. The molecule has 1 fully saturated rings. The van der Waals surface area contributed by atoms with E-state index in [-0.39, 0.29) is 0 Å². The first kappa shape index (κ1) is 19.7. The number of nitrogens with zero attached hydrogens (tertiary/aromatic N) is 2. The van der Waals surface area contributed by atoms with Gasteiger partial charge in [0.2, 0.25) is 0 Å². The van der Waals surface area contributed by atoms with Gasteiger partial charge >= 0.3 is 0 Å². The number of anilines is 2. The largest absolute Gasteiger partial charge is 0.382 e. The van der Waals surface area contributed by atoms with Crippen molar-refractivity contribution in [2.45, 2.75) is 25.8 Å². The van der Waals surface area contributed by atoms with E-state index in [4.69, 9.17) is 4.74 Å². The van der Waals surface area contributed by atoms with Gasteiger partial charge in [0.1, 0.15) is 6.73 Å². The molecule has 2 N–H and O–H groups in total. The van der Waals surface area contributed by atoms with Crippen LogP contribution in [0.4, 0.5) is 11.4 Å². The van der Waals surface area contributed by atoms with E-state index < -0.39 is 0 Å². The molecule has 0 bridgehead atoms. The minimum atomic E-state index is 0.509. The van der Waals surface area contributed by atoms with E-state index in [1.807, 2.05) is 19.3 Å². The Morgan fingerprint density at radius 3 is 2.62 bits per heavy atom. The summed E-state index contributed by atoms with van der Waals surface area (Å²) in [7, 11) is 2.20. The van der Waals surface area contributed by atoms with Gasteiger partial charge in [-0.25, -0.2) is 0 Å². The topological polar surface area (TPSA) is 49.4 Å². The molecule has 4 rings (SSSR count). The Bertz CT molecular complexity index is 933. The summed E-state index contributed by atoms with van der Waals surface area (Å²) in [5.41, 5.74) is 4.67. The number of aromatic nitrogens is 1. The Labute approximate surface area is 173 Å². The molecular weight excluding hydrogens is 360 g/mol. The van der Waals surface area contributed by atoms with Crippen molar-refractivity contribution in [2.24, 2.45) is 0 Å². The molecule has 1 aliphatic rings. The monoisotopic (exact) mass is 390 g/mol. The predicted octanol–water partition coefficient (Wildman–Crippen LogP) is 4.81. The molecule has 1 aromatic heterocycles. The van der Waals surface area contributed by atoms with Gasteiger partial charge in [0.05, 0.1) is 0 Å². The molecule has 1 aliphatic heterocycles. The van der Waals surface area contributed by atoms with Crippen LogP contribution in [0.1, 0.15) is 19.8 Å². The molecule has 3 aromatic rings. The molecule has 0 atom stereocenters. The summed E-state index contributed by atoms with van der Waals surface area (Å²) in [5.74, 6) is 0. The van der Waals surface area contributed by atoms with Crippen LogP contribution in [0.2, 0.25) is 0 Å². The highest BCUT2D eigenvalue weighted by molar-refractivity contribution is 5.97. The fourth-order valence-corrected chi connectivity index (χ4v) is 3.87. The van der Waals surface area contributed by atoms with Crippen LogP contribution < -0.4 is 10.6 Å². The van der Waals surface area contributed by atoms with Crippen LogP contribution >= 0.6 is 0 Å². The van der Waals surface area contributed by atoms with E-state index >= 15 is 0 Å². The number of hydrogen-bond donors (Lipinski definition) is 2. The van der Waals surface area contributed by atoms with Crippen LogP contribution in [0, 0.1) is 0 Å².